The highest BCUT2D eigenvalue weighted by Gasteiger charge is 2.21. The summed E-state index contributed by atoms with van der Waals surface area (Å²) >= 11 is 0. The Bertz CT molecular complexity index is 1070. The van der Waals surface area contributed by atoms with E-state index in [1.54, 1.807) is 18.2 Å². The third-order valence-electron chi connectivity index (χ3n) is 4.46. The quantitative estimate of drug-likeness (QED) is 0.824. The first kappa shape index (κ1) is 18.9. The second-order valence-electron chi connectivity index (χ2n) is 6.37. The average Bonchev–Trinajstić information content (AvgIpc) is 3.04. The fourth-order valence-corrected chi connectivity index (χ4v) is 3.86. The first-order chi connectivity index (χ1) is 12.9. The van der Waals surface area contributed by atoms with Crippen LogP contribution in [0.5, 0.6) is 5.75 Å². The van der Waals surface area contributed by atoms with E-state index in [4.69, 9.17) is 9.72 Å². The van der Waals surface area contributed by atoms with Gasteiger partial charge in [0.25, 0.3) is 0 Å². The van der Waals surface area contributed by atoms with Gasteiger partial charge in [0, 0.05) is 48.2 Å². The summed E-state index contributed by atoms with van der Waals surface area (Å²) in [5.74, 6) is 0.515. The maximum Gasteiger partial charge on any atom is 0.175 e. The van der Waals surface area contributed by atoms with Gasteiger partial charge in [0.05, 0.1) is 29.3 Å². The number of hydrogen-bond donors (Lipinski definition) is 1. The standard InChI is InChI=1S/C20H21N3O3S/c1-4-22-18-10-15(23-17-8-6-14(12-21)20(17)18)9-13-5-7-16(27(3,24)25)11-19(13)26-2/h5-7,10-11H,4,8-9H2,1-3H3,(H,22,23). The summed E-state index contributed by atoms with van der Waals surface area (Å²) in [6, 6.07) is 9.06. The van der Waals surface area contributed by atoms with Gasteiger partial charge in [0.1, 0.15) is 5.75 Å². The maximum atomic E-state index is 11.8. The van der Waals surface area contributed by atoms with Crippen molar-refractivity contribution in [1.29, 1.82) is 5.26 Å². The monoisotopic (exact) mass is 383 g/mol. The van der Waals surface area contributed by atoms with Gasteiger partial charge in [-0.1, -0.05) is 12.1 Å². The zero-order valence-corrected chi connectivity index (χ0v) is 16.4. The Balaban J connectivity index is 2.00. The van der Waals surface area contributed by atoms with Crippen molar-refractivity contribution in [2.24, 2.45) is 0 Å². The third-order valence-corrected chi connectivity index (χ3v) is 5.57. The molecule has 1 aromatic carbocycles. The van der Waals surface area contributed by atoms with Gasteiger partial charge in [-0.3, -0.25) is 4.98 Å². The summed E-state index contributed by atoms with van der Waals surface area (Å²) in [4.78, 5) is 4.94. The zero-order valence-electron chi connectivity index (χ0n) is 15.5. The molecule has 1 aromatic heterocycles. The van der Waals surface area contributed by atoms with Crippen LogP contribution in [0.2, 0.25) is 0 Å². The number of allylic oxidation sites excluding steroid dienone is 2. The average molecular weight is 383 g/mol. The van der Waals surface area contributed by atoms with E-state index in [1.165, 1.54) is 13.4 Å². The summed E-state index contributed by atoms with van der Waals surface area (Å²) in [7, 11) is -1.78. The van der Waals surface area contributed by atoms with E-state index < -0.39 is 9.84 Å². The van der Waals surface area contributed by atoms with Crippen molar-refractivity contribution in [1.82, 2.24) is 4.98 Å². The Morgan fingerprint density at radius 2 is 2.11 bits per heavy atom. The highest BCUT2D eigenvalue weighted by atomic mass is 32.2. The molecule has 1 aliphatic carbocycles. The van der Waals surface area contributed by atoms with Gasteiger partial charge in [0.15, 0.2) is 9.84 Å². The normalized spacial score (nSPS) is 12.9. The van der Waals surface area contributed by atoms with E-state index in [2.05, 4.69) is 11.4 Å². The predicted octanol–water partition coefficient (Wildman–Crippen LogP) is 2.98. The fraction of sp³-hybridized carbons (Fsp3) is 0.300. The third kappa shape index (κ3) is 3.81. The molecule has 0 unspecified atom stereocenters. The highest BCUT2D eigenvalue weighted by Crippen LogP contribution is 2.34. The fourth-order valence-electron chi connectivity index (χ4n) is 3.22. The summed E-state index contributed by atoms with van der Waals surface area (Å²) < 4.78 is 28.9. The van der Waals surface area contributed by atoms with Crippen molar-refractivity contribution in [2.75, 3.05) is 25.2 Å². The lowest BCUT2D eigenvalue weighted by Crippen LogP contribution is -2.06. The second kappa shape index (κ2) is 7.41. The number of ether oxygens (including phenoxy) is 1. The molecule has 6 nitrogen and oxygen atoms in total. The topological polar surface area (TPSA) is 92.1 Å². The van der Waals surface area contributed by atoms with Crippen molar-refractivity contribution < 1.29 is 13.2 Å². The summed E-state index contributed by atoms with van der Waals surface area (Å²) in [6.07, 6.45) is 4.20. The van der Waals surface area contributed by atoms with E-state index in [-0.39, 0.29) is 4.90 Å². The Morgan fingerprint density at radius 1 is 1.33 bits per heavy atom. The van der Waals surface area contributed by atoms with Crippen molar-refractivity contribution in [3.8, 4) is 11.8 Å². The molecule has 0 fully saturated rings. The summed E-state index contributed by atoms with van der Waals surface area (Å²) in [6.45, 7) is 2.74. The number of nitrogens with zero attached hydrogens (tertiary/aromatic N) is 2. The van der Waals surface area contributed by atoms with Gasteiger partial charge in [-0.05, 0) is 25.1 Å². The van der Waals surface area contributed by atoms with Gasteiger partial charge in [-0.15, -0.1) is 0 Å². The van der Waals surface area contributed by atoms with Crippen LogP contribution in [-0.2, 0) is 22.7 Å². The summed E-state index contributed by atoms with van der Waals surface area (Å²) in [5, 5.41) is 12.6. The van der Waals surface area contributed by atoms with E-state index in [1.807, 2.05) is 19.1 Å². The number of hydrogen-bond acceptors (Lipinski definition) is 6. The molecule has 1 aliphatic rings. The van der Waals surface area contributed by atoms with Crippen LogP contribution < -0.4 is 10.1 Å². The highest BCUT2D eigenvalue weighted by molar-refractivity contribution is 7.90. The second-order valence-corrected chi connectivity index (χ2v) is 8.39. The molecule has 0 saturated carbocycles. The van der Waals surface area contributed by atoms with E-state index >= 15 is 0 Å². The molecule has 1 heterocycles. The molecule has 0 spiro atoms. The lowest BCUT2D eigenvalue weighted by molar-refractivity contribution is 0.409. The minimum Gasteiger partial charge on any atom is -0.496 e. The van der Waals surface area contributed by atoms with Gasteiger partial charge < -0.3 is 10.1 Å². The number of methoxy groups -OCH3 is 1. The van der Waals surface area contributed by atoms with Gasteiger partial charge >= 0.3 is 0 Å². The number of rotatable bonds is 6. The molecule has 0 atom stereocenters. The molecule has 0 bridgehead atoms. The van der Waals surface area contributed by atoms with E-state index in [0.717, 1.165) is 34.7 Å². The Hall–Kier alpha value is -2.85. The zero-order chi connectivity index (χ0) is 19.6. The predicted molar refractivity (Wildman–Crippen MR) is 105 cm³/mol. The number of anilines is 1. The summed E-state index contributed by atoms with van der Waals surface area (Å²) in [5.41, 5.74) is 4.99. The largest absolute Gasteiger partial charge is 0.496 e. The molecule has 2 aromatic rings. The van der Waals surface area contributed by atoms with Crippen LogP contribution in [0.15, 0.2) is 35.2 Å². The molecule has 27 heavy (non-hydrogen) atoms. The minimum absolute atomic E-state index is 0.223. The smallest absolute Gasteiger partial charge is 0.175 e. The lowest BCUT2D eigenvalue weighted by Gasteiger charge is -2.14. The van der Waals surface area contributed by atoms with Crippen LogP contribution in [0.3, 0.4) is 0 Å². The number of nitrogens with one attached hydrogen (secondary N) is 1. The van der Waals surface area contributed by atoms with E-state index in [0.29, 0.717) is 24.2 Å². The van der Waals surface area contributed by atoms with Crippen LogP contribution >= 0.6 is 0 Å². The molecule has 0 amide bonds. The van der Waals surface area contributed by atoms with Gasteiger partial charge in [0.2, 0.25) is 0 Å². The number of aromatic nitrogens is 1. The Morgan fingerprint density at radius 3 is 2.74 bits per heavy atom. The van der Waals surface area contributed by atoms with Crippen LogP contribution in [0.1, 0.15) is 29.4 Å². The van der Waals surface area contributed by atoms with Gasteiger partial charge in [-0.25, -0.2) is 8.42 Å². The minimum atomic E-state index is -3.30. The maximum absolute atomic E-state index is 11.8. The van der Waals surface area contributed by atoms with Crippen molar-refractivity contribution in [2.45, 2.75) is 24.7 Å². The molecular weight excluding hydrogens is 362 g/mol. The van der Waals surface area contributed by atoms with Crippen LogP contribution in [-0.4, -0.2) is 33.3 Å². The molecule has 0 aliphatic heterocycles. The molecule has 7 heteroatoms. The van der Waals surface area contributed by atoms with Crippen molar-refractivity contribution in [3.63, 3.8) is 0 Å². The first-order valence-electron chi connectivity index (χ1n) is 8.61. The molecule has 1 N–H and O–H groups in total. The Labute approximate surface area is 159 Å². The molecule has 0 radical (unpaired) electrons. The molecule has 0 saturated heterocycles. The van der Waals surface area contributed by atoms with Crippen molar-refractivity contribution in [3.05, 3.63) is 52.9 Å². The number of sulfone groups is 1. The van der Waals surface area contributed by atoms with E-state index in [9.17, 15) is 13.7 Å². The lowest BCUT2D eigenvalue weighted by atomic mass is 10.0. The first-order valence-corrected chi connectivity index (χ1v) is 10.5. The molecule has 140 valence electrons. The van der Waals surface area contributed by atoms with Gasteiger partial charge in [-0.2, -0.15) is 5.26 Å². The number of benzene rings is 1. The number of fused-ring (bicyclic) bond motifs is 1. The number of nitriles is 1. The SMILES string of the molecule is CCNc1cc(Cc2ccc(S(C)(=O)=O)cc2OC)nc2c1C(C#N)=CC2. The van der Waals surface area contributed by atoms with Crippen molar-refractivity contribution >= 4 is 21.1 Å². The molecule has 3 rings (SSSR count). The number of pyridine rings is 1. The molecular formula is C20H21N3O3S. The van der Waals surface area contributed by atoms with Crippen LogP contribution in [0.4, 0.5) is 5.69 Å². The Kier molecular flexibility index (Phi) is 5.19. The van der Waals surface area contributed by atoms with Crippen LogP contribution in [0.25, 0.3) is 5.57 Å². The van der Waals surface area contributed by atoms with Crippen LogP contribution in [0, 0.1) is 11.3 Å².